The minimum Gasteiger partial charge on any atom is -0.508 e. The van der Waals surface area contributed by atoms with Gasteiger partial charge in [0.15, 0.2) is 0 Å². The van der Waals surface area contributed by atoms with Crippen molar-refractivity contribution in [2.24, 2.45) is 0 Å². The molecule has 0 atom stereocenters. The van der Waals surface area contributed by atoms with Crippen LogP contribution in [0.3, 0.4) is 0 Å². The maximum absolute atomic E-state index is 11.6. The molecule has 0 heterocycles. The van der Waals surface area contributed by atoms with Crippen molar-refractivity contribution in [2.45, 2.75) is 6.42 Å². The second-order valence-electron chi connectivity index (χ2n) is 3.42. The highest BCUT2D eigenvalue weighted by atomic mass is 35.5. The molecule has 1 aromatic rings. The first-order chi connectivity index (χ1) is 8.35. The summed E-state index contributed by atoms with van der Waals surface area (Å²) in [5.74, 6) is -0.363. The van der Waals surface area contributed by atoms with Crippen molar-refractivity contribution in [3.63, 3.8) is 0 Å². The van der Waals surface area contributed by atoms with Crippen molar-refractivity contribution < 1.29 is 18.4 Å². The van der Waals surface area contributed by atoms with E-state index in [4.69, 9.17) is 16.7 Å². The SMILES string of the molecule is O=[N+]([O-])c1cc(O)ccc1NS(=O)(=O)CCCCl. The molecule has 0 aromatic heterocycles. The number of nitro groups is 1. The summed E-state index contributed by atoms with van der Waals surface area (Å²) in [6.45, 7) is 0. The first-order valence-electron chi connectivity index (χ1n) is 4.89. The van der Waals surface area contributed by atoms with Crippen LogP contribution >= 0.6 is 11.6 Å². The van der Waals surface area contributed by atoms with E-state index < -0.39 is 20.6 Å². The summed E-state index contributed by atoms with van der Waals surface area (Å²) in [7, 11) is -3.69. The van der Waals surface area contributed by atoms with Gasteiger partial charge in [0.25, 0.3) is 5.69 Å². The zero-order valence-corrected chi connectivity index (χ0v) is 10.7. The van der Waals surface area contributed by atoms with Crippen LogP contribution in [0.2, 0.25) is 0 Å². The number of sulfonamides is 1. The Kier molecular flexibility index (Phi) is 4.74. The van der Waals surface area contributed by atoms with E-state index >= 15 is 0 Å². The average molecular weight is 295 g/mol. The van der Waals surface area contributed by atoms with E-state index in [0.29, 0.717) is 0 Å². The highest BCUT2D eigenvalue weighted by molar-refractivity contribution is 7.92. The highest BCUT2D eigenvalue weighted by Crippen LogP contribution is 2.29. The second-order valence-corrected chi connectivity index (χ2v) is 5.64. The molecular weight excluding hydrogens is 284 g/mol. The van der Waals surface area contributed by atoms with E-state index in [2.05, 4.69) is 4.72 Å². The molecule has 1 rings (SSSR count). The number of alkyl halides is 1. The Bertz CT molecular complexity index is 546. The average Bonchev–Trinajstić information content (AvgIpc) is 2.28. The lowest BCUT2D eigenvalue weighted by molar-refractivity contribution is -0.384. The number of phenols is 1. The zero-order chi connectivity index (χ0) is 13.8. The first kappa shape index (κ1) is 14.5. The minimum atomic E-state index is -3.69. The fraction of sp³-hybridized carbons (Fsp3) is 0.333. The van der Waals surface area contributed by atoms with Gasteiger partial charge >= 0.3 is 0 Å². The molecule has 18 heavy (non-hydrogen) atoms. The fourth-order valence-electron chi connectivity index (χ4n) is 1.22. The van der Waals surface area contributed by atoms with E-state index in [1.807, 2.05) is 0 Å². The molecule has 0 radical (unpaired) electrons. The number of halogens is 1. The van der Waals surface area contributed by atoms with Gasteiger partial charge in [-0.05, 0) is 18.6 Å². The number of hydrogen-bond donors (Lipinski definition) is 2. The summed E-state index contributed by atoms with van der Waals surface area (Å²) in [4.78, 5) is 9.93. The molecule has 0 fully saturated rings. The van der Waals surface area contributed by atoms with Crippen LogP contribution in [0.1, 0.15) is 6.42 Å². The van der Waals surface area contributed by atoms with Gasteiger partial charge in [0.2, 0.25) is 10.0 Å². The van der Waals surface area contributed by atoms with Gasteiger partial charge in [-0.25, -0.2) is 8.42 Å². The van der Waals surface area contributed by atoms with Gasteiger partial charge in [0.1, 0.15) is 11.4 Å². The summed E-state index contributed by atoms with van der Waals surface area (Å²) in [6, 6.07) is 3.16. The first-order valence-corrected chi connectivity index (χ1v) is 7.08. The van der Waals surface area contributed by atoms with E-state index in [9.17, 15) is 18.5 Å². The summed E-state index contributed by atoms with van der Waals surface area (Å²) in [6.07, 6.45) is 0.239. The monoisotopic (exact) mass is 294 g/mol. The Morgan fingerprint density at radius 2 is 2.11 bits per heavy atom. The predicted molar refractivity (Wildman–Crippen MR) is 67.5 cm³/mol. The molecule has 7 nitrogen and oxygen atoms in total. The van der Waals surface area contributed by atoms with Crippen LogP contribution in [0, 0.1) is 10.1 Å². The van der Waals surface area contributed by atoms with E-state index in [-0.39, 0.29) is 29.5 Å². The third-order valence-electron chi connectivity index (χ3n) is 1.99. The van der Waals surface area contributed by atoms with E-state index in [1.54, 1.807) is 0 Å². The molecule has 1 aromatic carbocycles. The van der Waals surface area contributed by atoms with Crippen molar-refractivity contribution in [3.8, 4) is 5.75 Å². The molecule has 0 unspecified atom stereocenters. The molecule has 0 bridgehead atoms. The van der Waals surface area contributed by atoms with Crippen LogP contribution in [0.15, 0.2) is 18.2 Å². The van der Waals surface area contributed by atoms with Gasteiger partial charge in [0.05, 0.1) is 16.7 Å². The number of nitro benzene ring substituents is 1. The molecule has 0 aliphatic heterocycles. The molecule has 0 spiro atoms. The molecule has 9 heteroatoms. The lowest BCUT2D eigenvalue weighted by Gasteiger charge is -2.07. The van der Waals surface area contributed by atoms with Crippen molar-refractivity contribution in [1.82, 2.24) is 0 Å². The summed E-state index contributed by atoms with van der Waals surface area (Å²) >= 11 is 5.38. The van der Waals surface area contributed by atoms with Gasteiger partial charge in [-0.15, -0.1) is 11.6 Å². The Balaban J connectivity index is 3.01. The Morgan fingerprint density at radius 1 is 1.44 bits per heavy atom. The molecule has 2 N–H and O–H groups in total. The van der Waals surface area contributed by atoms with Crippen LogP contribution in [0.4, 0.5) is 11.4 Å². The van der Waals surface area contributed by atoms with Crippen LogP contribution < -0.4 is 4.72 Å². The smallest absolute Gasteiger partial charge is 0.296 e. The topological polar surface area (TPSA) is 110 Å². The van der Waals surface area contributed by atoms with Gasteiger partial charge in [0, 0.05) is 5.88 Å². The van der Waals surface area contributed by atoms with Crippen molar-refractivity contribution in [1.29, 1.82) is 0 Å². The third kappa shape index (κ3) is 4.04. The molecule has 0 saturated heterocycles. The lowest BCUT2D eigenvalue weighted by Crippen LogP contribution is -2.17. The number of nitrogens with zero attached hydrogens (tertiary/aromatic N) is 1. The molecule has 0 saturated carbocycles. The molecule has 0 amide bonds. The van der Waals surface area contributed by atoms with Crippen molar-refractivity contribution >= 4 is 33.0 Å². The number of rotatable bonds is 6. The molecular formula is C9H11ClN2O5S. The number of hydrogen-bond acceptors (Lipinski definition) is 5. The zero-order valence-electron chi connectivity index (χ0n) is 9.17. The number of anilines is 1. The van der Waals surface area contributed by atoms with Gasteiger partial charge < -0.3 is 5.11 Å². The van der Waals surface area contributed by atoms with Crippen molar-refractivity contribution in [3.05, 3.63) is 28.3 Å². The third-order valence-corrected chi connectivity index (χ3v) is 3.61. The summed E-state index contributed by atoms with van der Waals surface area (Å²) < 4.78 is 25.2. The maximum Gasteiger partial charge on any atom is 0.296 e. The summed E-state index contributed by atoms with van der Waals surface area (Å²) in [5.41, 5.74) is -0.697. The Labute approximate surface area is 109 Å². The van der Waals surface area contributed by atoms with Crippen LogP contribution in [0.5, 0.6) is 5.75 Å². The maximum atomic E-state index is 11.6. The van der Waals surface area contributed by atoms with Gasteiger partial charge in [-0.1, -0.05) is 0 Å². The van der Waals surface area contributed by atoms with E-state index in [0.717, 1.165) is 18.2 Å². The second kappa shape index (κ2) is 5.87. The predicted octanol–water partition coefficient (Wildman–Crippen LogP) is 1.67. The van der Waals surface area contributed by atoms with Crippen LogP contribution in [-0.4, -0.2) is 30.1 Å². The fourth-order valence-corrected chi connectivity index (χ4v) is 2.65. The normalized spacial score (nSPS) is 11.2. The largest absolute Gasteiger partial charge is 0.508 e. The Hall–Kier alpha value is -1.54. The quantitative estimate of drug-likeness (QED) is 0.359. The standard InChI is InChI=1S/C9H11ClN2O5S/c10-4-1-5-18(16,17)11-8-3-2-7(13)6-9(8)12(14)15/h2-3,6,11,13H,1,4-5H2. The van der Waals surface area contributed by atoms with Crippen LogP contribution in [0.25, 0.3) is 0 Å². The Morgan fingerprint density at radius 3 is 2.67 bits per heavy atom. The van der Waals surface area contributed by atoms with E-state index in [1.165, 1.54) is 0 Å². The number of phenolic OH excluding ortho intramolecular Hbond substituents is 1. The van der Waals surface area contributed by atoms with Crippen molar-refractivity contribution in [2.75, 3.05) is 16.4 Å². The minimum absolute atomic E-state index is 0.179. The molecule has 0 aliphatic carbocycles. The van der Waals surface area contributed by atoms with Gasteiger partial charge in [-0.3, -0.25) is 14.8 Å². The molecule has 100 valence electrons. The van der Waals surface area contributed by atoms with Crippen LogP contribution in [-0.2, 0) is 10.0 Å². The summed E-state index contributed by atoms with van der Waals surface area (Å²) in [5, 5.41) is 19.8. The number of benzene rings is 1. The number of aromatic hydroxyl groups is 1. The molecule has 0 aliphatic rings. The lowest BCUT2D eigenvalue weighted by atomic mass is 10.2. The highest BCUT2D eigenvalue weighted by Gasteiger charge is 2.19. The van der Waals surface area contributed by atoms with Gasteiger partial charge in [-0.2, -0.15) is 0 Å². The number of nitrogens with one attached hydrogen (secondary N) is 1.